The summed E-state index contributed by atoms with van der Waals surface area (Å²) < 4.78 is 20.2. The number of carbonyl (C=O) groups is 1. The summed E-state index contributed by atoms with van der Waals surface area (Å²) in [5, 5.41) is 2.58. The molecule has 1 atom stereocenters. The van der Waals surface area contributed by atoms with Crippen molar-refractivity contribution in [2.75, 3.05) is 5.32 Å². The number of nitrogens with one attached hydrogen (secondary N) is 1. The van der Waals surface area contributed by atoms with Crippen LogP contribution in [0, 0.1) is 19.7 Å². The van der Waals surface area contributed by atoms with E-state index >= 15 is 0 Å². The van der Waals surface area contributed by atoms with Gasteiger partial charge < -0.3 is 10.1 Å². The van der Waals surface area contributed by atoms with Crippen LogP contribution in [0.15, 0.2) is 40.9 Å². The van der Waals surface area contributed by atoms with Gasteiger partial charge in [0.05, 0.1) is 5.69 Å². The van der Waals surface area contributed by atoms with Gasteiger partial charge in [0.15, 0.2) is 6.10 Å². The molecule has 0 radical (unpaired) electrons. The minimum Gasteiger partial charge on any atom is -0.480 e. The molecule has 0 aliphatic rings. The minimum atomic E-state index is -0.681. The van der Waals surface area contributed by atoms with E-state index in [4.69, 9.17) is 4.74 Å². The molecule has 0 spiro atoms. The third-order valence-corrected chi connectivity index (χ3v) is 3.95. The van der Waals surface area contributed by atoms with Crippen LogP contribution >= 0.6 is 15.9 Å². The van der Waals surface area contributed by atoms with E-state index in [0.717, 1.165) is 11.1 Å². The van der Waals surface area contributed by atoms with E-state index in [9.17, 15) is 9.18 Å². The summed E-state index contributed by atoms with van der Waals surface area (Å²) >= 11 is 3.19. The van der Waals surface area contributed by atoms with Crippen molar-refractivity contribution in [2.45, 2.75) is 33.3 Å². The Balaban J connectivity index is 2.12. The summed E-state index contributed by atoms with van der Waals surface area (Å²) in [6.07, 6.45) is -0.198. The van der Waals surface area contributed by atoms with Crippen molar-refractivity contribution in [3.8, 4) is 5.75 Å². The minimum absolute atomic E-state index is 0.140. The molecule has 1 amide bonds. The highest BCUT2D eigenvalue weighted by molar-refractivity contribution is 9.10. The molecule has 0 aromatic heterocycles. The van der Waals surface area contributed by atoms with E-state index in [1.54, 1.807) is 6.07 Å². The number of halogens is 2. The van der Waals surface area contributed by atoms with Gasteiger partial charge in [-0.25, -0.2) is 4.39 Å². The van der Waals surface area contributed by atoms with E-state index < -0.39 is 11.9 Å². The second-order valence-corrected chi connectivity index (χ2v) is 6.31. The predicted molar refractivity (Wildman–Crippen MR) is 93.4 cm³/mol. The lowest BCUT2D eigenvalue weighted by molar-refractivity contribution is -0.122. The number of aryl methyl sites for hydroxylation is 2. The fraction of sp³-hybridized carbons (Fsp3) is 0.278. The van der Waals surface area contributed by atoms with E-state index in [1.165, 1.54) is 12.1 Å². The molecule has 2 aromatic rings. The van der Waals surface area contributed by atoms with E-state index in [0.29, 0.717) is 16.6 Å². The summed E-state index contributed by atoms with van der Waals surface area (Å²) in [6.45, 7) is 5.78. The van der Waals surface area contributed by atoms with E-state index in [-0.39, 0.29) is 11.6 Å². The van der Waals surface area contributed by atoms with Gasteiger partial charge in [0, 0.05) is 4.47 Å². The third kappa shape index (κ3) is 4.55. The normalized spacial score (nSPS) is 11.9. The summed E-state index contributed by atoms with van der Waals surface area (Å²) in [7, 11) is 0. The molecule has 2 aromatic carbocycles. The maximum Gasteiger partial charge on any atom is 0.265 e. The second kappa shape index (κ2) is 7.59. The number of benzene rings is 2. The van der Waals surface area contributed by atoms with Crippen molar-refractivity contribution < 1.29 is 13.9 Å². The molecule has 3 nitrogen and oxygen atoms in total. The van der Waals surface area contributed by atoms with E-state index in [1.807, 2.05) is 39.0 Å². The van der Waals surface area contributed by atoms with Crippen molar-refractivity contribution in [2.24, 2.45) is 0 Å². The SMILES string of the molecule is CC[C@H](Oc1ccc(C)cc1C)C(=O)Nc1ccc(Br)cc1F. The number of ether oxygens (including phenoxy) is 1. The van der Waals surface area contributed by atoms with Crippen LogP contribution in [0.2, 0.25) is 0 Å². The Labute approximate surface area is 144 Å². The van der Waals surface area contributed by atoms with Crippen LogP contribution in [0.5, 0.6) is 5.75 Å². The zero-order chi connectivity index (χ0) is 17.0. The van der Waals surface area contributed by atoms with Crippen LogP contribution in [-0.4, -0.2) is 12.0 Å². The van der Waals surface area contributed by atoms with E-state index in [2.05, 4.69) is 21.2 Å². The topological polar surface area (TPSA) is 38.3 Å². The highest BCUT2D eigenvalue weighted by Gasteiger charge is 2.20. The van der Waals surface area contributed by atoms with Gasteiger partial charge in [-0.1, -0.05) is 40.5 Å². The number of rotatable bonds is 5. The molecule has 5 heteroatoms. The van der Waals surface area contributed by atoms with Crippen LogP contribution in [0.3, 0.4) is 0 Å². The largest absolute Gasteiger partial charge is 0.480 e. The molecular formula is C18H19BrFNO2. The van der Waals surface area contributed by atoms with Crippen LogP contribution in [0.4, 0.5) is 10.1 Å². The van der Waals surface area contributed by atoms with Gasteiger partial charge >= 0.3 is 0 Å². The van der Waals surface area contributed by atoms with Crippen LogP contribution in [0.25, 0.3) is 0 Å². The fourth-order valence-corrected chi connectivity index (χ4v) is 2.54. The van der Waals surface area contributed by atoms with Gasteiger partial charge in [0.2, 0.25) is 0 Å². The summed E-state index contributed by atoms with van der Waals surface area (Å²) in [5.74, 6) is -0.198. The molecule has 0 heterocycles. The Kier molecular flexibility index (Phi) is 5.77. The number of carbonyl (C=O) groups excluding carboxylic acids is 1. The molecule has 122 valence electrons. The lowest BCUT2D eigenvalue weighted by Crippen LogP contribution is -2.32. The predicted octanol–water partition coefficient (Wildman–Crippen LogP) is 5.00. The number of hydrogen-bond acceptors (Lipinski definition) is 2. The molecule has 0 saturated heterocycles. The number of anilines is 1. The van der Waals surface area contributed by atoms with Crippen LogP contribution < -0.4 is 10.1 Å². The zero-order valence-corrected chi connectivity index (χ0v) is 14.9. The first-order valence-corrected chi connectivity index (χ1v) is 8.20. The van der Waals surface area contributed by atoms with Crippen molar-refractivity contribution in [3.05, 3.63) is 57.8 Å². The Morgan fingerprint density at radius 2 is 2.00 bits per heavy atom. The second-order valence-electron chi connectivity index (χ2n) is 5.40. The summed E-state index contributed by atoms with van der Waals surface area (Å²) in [5.41, 5.74) is 2.23. The van der Waals surface area contributed by atoms with Crippen molar-refractivity contribution in [1.29, 1.82) is 0 Å². The van der Waals surface area contributed by atoms with Gasteiger partial charge in [0.25, 0.3) is 5.91 Å². The molecular weight excluding hydrogens is 361 g/mol. The third-order valence-electron chi connectivity index (χ3n) is 3.45. The van der Waals surface area contributed by atoms with Gasteiger partial charge in [-0.05, 0) is 50.1 Å². The van der Waals surface area contributed by atoms with Crippen LogP contribution in [-0.2, 0) is 4.79 Å². The van der Waals surface area contributed by atoms with Gasteiger partial charge in [-0.3, -0.25) is 4.79 Å². The molecule has 0 unspecified atom stereocenters. The van der Waals surface area contributed by atoms with Crippen molar-refractivity contribution in [1.82, 2.24) is 0 Å². The summed E-state index contributed by atoms with van der Waals surface area (Å²) in [6, 6.07) is 10.3. The molecule has 0 saturated carbocycles. The molecule has 0 bridgehead atoms. The van der Waals surface area contributed by atoms with Crippen molar-refractivity contribution in [3.63, 3.8) is 0 Å². The maximum absolute atomic E-state index is 13.8. The number of hydrogen-bond donors (Lipinski definition) is 1. The molecule has 1 N–H and O–H groups in total. The van der Waals surface area contributed by atoms with Gasteiger partial charge in [-0.15, -0.1) is 0 Å². The smallest absolute Gasteiger partial charge is 0.265 e. The first-order valence-electron chi connectivity index (χ1n) is 7.40. The fourth-order valence-electron chi connectivity index (χ4n) is 2.21. The lowest BCUT2D eigenvalue weighted by atomic mass is 10.1. The number of amides is 1. The first-order chi connectivity index (χ1) is 10.9. The molecule has 2 rings (SSSR count). The van der Waals surface area contributed by atoms with Crippen LogP contribution in [0.1, 0.15) is 24.5 Å². The maximum atomic E-state index is 13.8. The monoisotopic (exact) mass is 379 g/mol. The Hall–Kier alpha value is -1.88. The highest BCUT2D eigenvalue weighted by atomic mass is 79.9. The molecule has 23 heavy (non-hydrogen) atoms. The standard InChI is InChI=1S/C18H19BrFNO2/c1-4-16(23-17-8-5-11(2)9-12(17)3)18(22)21-15-7-6-13(19)10-14(15)20/h5-10,16H,4H2,1-3H3,(H,21,22)/t16-/m0/s1. The quantitative estimate of drug-likeness (QED) is 0.793. The lowest BCUT2D eigenvalue weighted by Gasteiger charge is -2.19. The first kappa shape index (κ1) is 17.5. The zero-order valence-electron chi connectivity index (χ0n) is 13.3. The highest BCUT2D eigenvalue weighted by Crippen LogP contribution is 2.23. The summed E-state index contributed by atoms with van der Waals surface area (Å²) in [4.78, 5) is 12.3. The Morgan fingerprint density at radius 3 is 2.61 bits per heavy atom. The average molecular weight is 380 g/mol. The Morgan fingerprint density at radius 1 is 1.26 bits per heavy atom. The van der Waals surface area contributed by atoms with Gasteiger partial charge in [0.1, 0.15) is 11.6 Å². The molecule has 0 aliphatic heterocycles. The van der Waals surface area contributed by atoms with Crippen molar-refractivity contribution >= 4 is 27.5 Å². The molecule has 0 fully saturated rings. The molecule has 0 aliphatic carbocycles. The Bertz CT molecular complexity index is 718. The van der Waals surface area contributed by atoms with Gasteiger partial charge in [-0.2, -0.15) is 0 Å². The average Bonchev–Trinajstić information content (AvgIpc) is 2.49.